The number of amides is 1. The fourth-order valence-electron chi connectivity index (χ4n) is 1.64. The van der Waals surface area contributed by atoms with Crippen LogP contribution in [0.4, 0.5) is 10.1 Å². The Labute approximate surface area is 144 Å². The smallest absolute Gasteiger partial charge is 0.286 e. The molecule has 9 heteroatoms. The number of benzene rings is 1. The Bertz CT molecular complexity index is 816. The number of anilines is 1. The van der Waals surface area contributed by atoms with Crippen LogP contribution in [-0.2, 0) is 5.75 Å². The number of hydrogen-bond donors (Lipinski definition) is 1. The Hall–Kier alpha value is -1.84. The molecule has 0 aliphatic carbocycles. The summed E-state index contributed by atoms with van der Waals surface area (Å²) < 4.78 is 13.8. The lowest BCUT2D eigenvalue weighted by Crippen LogP contribution is -2.11. The van der Waals surface area contributed by atoms with Crippen molar-refractivity contribution in [1.82, 2.24) is 15.2 Å². The summed E-state index contributed by atoms with van der Waals surface area (Å²) in [6.45, 7) is 1.95. The van der Waals surface area contributed by atoms with Gasteiger partial charge in [-0.2, -0.15) is 0 Å². The first-order valence-electron chi connectivity index (χ1n) is 6.54. The number of nitrogens with zero attached hydrogens (tertiary/aromatic N) is 3. The van der Waals surface area contributed by atoms with Crippen LogP contribution in [0.25, 0.3) is 0 Å². The van der Waals surface area contributed by atoms with Gasteiger partial charge in [0.2, 0.25) is 5.01 Å². The number of nitrogens with one attached hydrogen (secondary N) is 1. The molecule has 1 aromatic carbocycles. The summed E-state index contributed by atoms with van der Waals surface area (Å²) in [5.74, 6) is -0.0832. The summed E-state index contributed by atoms with van der Waals surface area (Å²) in [5.41, 5.74) is 1.51. The average molecular weight is 366 g/mol. The molecule has 0 atom stereocenters. The fourth-order valence-corrected chi connectivity index (χ4v) is 4.21. The molecule has 2 heterocycles. The summed E-state index contributed by atoms with van der Waals surface area (Å²) in [6, 6.07) is 5.56. The maximum absolute atomic E-state index is 12.8. The van der Waals surface area contributed by atoms with Crippen LogP contribution in [0.2, 0.25) is 0 Å². The van der Waals surface area contributed by atoms with Crippen molar-refractivity contribution >= 4 is 46.0 Å². The summed E-state index contributed by atoms with van der Waals surface area (Å²) >= 11 is 4.39. The van der Waals surface area contributed by atoms with Crippen molar-refractivity contribution in [1.29, 1.82) is 0 Å². The molecule has 1 amide bonds. The van der Waals surface area contributed by atoms with E-state index in [1.165, 1.54) is 35.6 Å². The number of rotatable bonds is 5. The van der Waals surface area contributed by atoms with Crippen LogP contribution in [0.1, 0.15) is 20.5 Å². The molecule has 2 aromatic heterocycles. The van der Waals surface area contributed by atoms with Crippen molar-refractivity contribution in [2.24, 2.45) is 0 Å². The van der Waals surface area contributed by atoms with E-state index >= 15 is 0 Å². The second-order valence-corrected chi connectivity index (χ2v) is 7.65. The van der Waals surface area contributed by atoms with E-state index in [4.69, 9.17) is 0 Å². The van der Waals surface area contributed by atoms with Crippen LogP contribution in [0, 0.1) is 12.7 Å². The van der Waals surface area contributed by atoms with Gasteiger partial charge < -0.3 is 5.32 Å². The van der Waals surface area contributed by atoms with Gasteiger partial charge in [0.15, 0.2) is 4.34 Å². The third-order valence-electron chi connectivity index (χ3n) is 2.68. The average Bonchev–Trinajstić information content (AvgIpc) is 3.16. The maximum atomic E-state index is 12.8. The van der Waals surface area contributed by atoms with Crippen LogP contribution in [0.15, 0.2) is 34.0 Å². The van der Waals surface area contributed by atoms with E-state index in [-0.39, 0.29) is 16.7 Å². The van der Waals surface area contributed by atoms with Gasteiger partial charge in [-0.25, -0.2) is 9.37 Å². The van der Waals surface area contributed by atoms with Gasteiger partial charge in [0.05, 0.1) is 5.75 Å². The summed E-state index contributed by atoms with van der Waals surface area (Å²) in [6.07, 6.45) is 0. The third kappa shape index (κ3) is 4.34. The van der Waals surface area contributed by atoms with Gasteiger partial charge in [0, 0.05) is 16.8 Å². The van der Waals surface area contributed by atoms with Gasteiger partial charge in [0.25, 0.3) is 5.91 Å². The highest BCUT2D eigenvalue weighted by Crippen LogP contribution is 2.27. The van der Waals surface area contributed by atoms with Crippen molar-refractivity contribution in [3.63, 3.8) is 0 Å². The minimum Gasteiger partial charge on any atom is -0.320 e. The Kier molecular flexibility index (Phi) is 4.99. The molecule has 3 aromatic rings. The molecule has 118 valence electrons. The Morgan fingerprint density at radius 1 is 1.30 bits per heavy atom. The molecule has 0 saturated carbocycles. The number of aromatic nitrogens is 3. The molecule has 0 aliphatic heterocycles. The first kappa shape index (κ1) is 16.0. The monoisotopic (exact) mass is 366 g/mol. The normalized spacial score (nSPS) is 10.7. The number of hydrogen-bond acceptors (Lipinski definition) is 7. The van der Waals surface area contributed by atoms with Crippen molar-refractivity contribution in [3.8, 4) is 0 Å². The van der Waals surface area contributed by atoms with Crippen molar-refractivity contribution < 1.29 is 9.18 Å². The molecule has 0 radical (unpaired) electrons. The van der Waals surface area contributed by atoms with Gasteiger partial charge in [-0.1, -0.05) is 23.1 Å². The van der Waals surface area contributed by atoms with Crippen LogP contribution in [0.3, 0.4) is 0 Å². The molecular weight excluding hydrogens is 355 g/mol. The van der Waals surface area contributed by atoms with Crippen LogP contribution < -0.4 is 5.32 Å². The second kappa shape index (κ2) is 7.16. The predicted octanol–water partition coefficient (Wildman–Crippen LogP) is 3.99. The first-order chi connectivity index (χ1) is 11.1. The largest absolute Gasteiger partial charge is 0.320 e. The first-order valence-corrected chi connectivity index (χ1v) is 9.22. The minimum absolute atomic E-state index is 0.278. The topological polar surface area (TPSA) is 67.8 Å². The zero-order valence-corrected chi connectivity index (χ0v) is 14.4. The second-order valence-electron chi connectivity index (χ2n) is 4.51. The molecule has 0 spiro atoms. The molecule has 0 saturated heterocycles. The summed E-state index contributed by atoms with van der Waals surface area (Å²) in [7, 11) is 0. The lowest BCUT2D eigenvalue weighted by atomic mass is 10.3. The number of carbonyl (C=O) groups excluding carboxylic acids is 1. The van der Waals surface area contributed by atoms with E-state index in [1.54, 1.807) is 23.1 Å². The van der Waals surface area contributed by atoms with Crippen molar-refractivity contribution in [3.05, 3.63) is 51.2 Å². The molecule has 1 N–H and O–H groups in total. The van der Waals surface area contributed by atoms with Crippen LogP contribution >= 0.6 is 34.4 Å². The van der Waals surface area contributed by atoms with Gasteiger partial charge in [0.1, 0.15) is 10.8 Å². The zero-order valence-electron chi connectivity index (χ0n) is 11.9. The molecular formula is C14H11FN4OS3. The number of carbonyl (C=O) groups is 1. The lowest BCUT2D eigenvalue weighted by molar-refractivity contribution is 0.102. The van der Waals surface area contributed by atoms with E-state index in [0.29, 0.717) is 11.4 Å². The number of aryl methyl sites for hydroxylation is 1. The SMILES string of the molecule is Cc1csc(SCc2nnc(C(=O)Nc3ccc(F)cc3)s2)n1. The molecule has 3 rings (SSSR count). The van der Waals surface area contributed by atoms with E-state index in [0.717, 1.165) is 15.0 Å². The van der Waals surface area contributed by atoms with E-state index in [1.807, 2.05) is 12.3 Å². The highest BCUT2D eigenvalue weighted by atomic mass is 32.2. The molecule has 0 unspecified atom stereocenters. The van der Waals surface area contributed by atoms with E-state index < -0.39 is 0 Å². The molecule has 5 nitrogen and oxygen atoms in total. The quantitative estimate of drug-likeness (QED) is 0.692. The molecule has 0 fully saturated rings. The number of thiazole rings is 1. The minimum atomic E-state index is -0.351. The van der Waals surface area contributed by atoms with Gasteiger partial charge >= 0.3 is 0 Å². The fraction of sp³-hybridized carbons (Fsp3) is 0.143. The van der Waals surface area contributed by atoms with Crippen LogP contribution in [-0.4, -0.2) is 21.1 Å². The molecule has 0 bridgehead atoms. The Balaban J connectivity index is 1.59. The third-order valence-corrected chi connectivity index (χ3v) is 5.94. The summed E-state index contributed by atoms with van der Waals surface area (Å²) in [5, 5.41) is 13.6. The van der Waals surface area contributed by atoms with Crippen molar-refractivity contribution in [2.45, 2.75) is 17.0 Å². The molecule has 23 heavy (non-hydrogen) atoms. The zero-order chi connectivity index (χ0) is 16.2. The number of thioether (sulfide) groups is 1. The Morgan fingerprint density at radius 2 is 2.09 bits per heavy atom. The lowest BCUT2D eigenvalue weighted by Gasteiger charge is -2.01. The van der Waals surface area contributed by atoms with Gasteiger partial charge in [-0.3, -0.25) is 4.79 Å². The highest BCUT2D eigenvalue weighted by Gasteiger charge is 2.13. The van der Waals surface area contributed by atoms with Gasteiger partial charge in [-0.15, -0.1) is 21.5 Å². The van der Waals surface area contributed by atoms with E-state index in [9.17, 15) is 9.18 Å². The molecule has 0 aliphatic rings. The Morgan fingerprint density at radius 3 is 2.78 bits per heavy atom. The number of halogens is 1. The predicted molar refractivity (Wildman–Crippen MR) is 90.7 cm³/mol. The highest BCUT2D eigenvalue weighted by molar-refractivity contribution is 8.00. The summed E-state index contributed by atoms with van der Waals surface area (Å²) in [4.78, 5) is 16.4. The van der Waals surface area contributed by atoms with Gasteiger partial charge in [-0.05, 0) is 31.2 Å². The van der Waals surface area contributed by atoms with E-state index in [2.05, 4.69) is 20.5 Å². The standard InChI is InChI=1S/C14H11FN4OS3/c1-8-6-21-14(16-8)22-7-11-18-19-13(23-11)12(20)17-10-4-2-9(15)3-5-10/h2-6H,7H2,1H3,(H,17,20). The van der Waals surface area contributed by atoms with Crippen LogP contribution in [0.5, 0.6) is 0 Å². The van der Waals surface area contributed by atoms with Crippen molar-refractivity contribution in [2.75, 3.05) is 5.32 Å². The maximum Gasteiger partial charge on any atom is 0.286 e.